The number of phosphoric acid groups is 6. The van der Waals surface area contributed by atoms with Gasteiger partial charge >= 0.3 is 65.8 Å². The van der Waals surface area contributed by atoms with Crippen LogP contribution in [0.3, 0.4) is 0 Å². The van der Waals surface area contributed by atoms with Crippen molar-refractivity contribution in [3.63, 3.8) is 0 Å². The van der Waals surface area contributed by atoms with Crippen LogP contribution in [0.1, 0.15) is 1.43 Å². The minimum Gasteiger partial charge on any atom is -1.00 e. The van der Waals surface area contributed by atoms with E-state index in [4.69, 9.17) is 58.7 Å². The molecular formula is H13Fe4LiO21P6. The fraction of sp³-hybridized carbons (Fsp3) is 0. The van der Waals surface area contributed by atoms with Crippen LogP contribution >= 0.6 is 46.9 Å². The Morgan fingerprint density at radius 2 is 0.406 bits per heavy atom. The third-order valence-corrected chi connectivity index (χ3v) is 5.74. The van der Waals surface area contributed by atoms with E-state index in [1.807, 2.05) is 0 Å². The summed E-state index contributed by atoms with van der Waals surface area (Å²) >= 11 is 0. The summed E-state index contributed by atoms with van der Waals surface area (Å²) in [5.41, 5.74) is 0. The molecule has 0 aromatic carbocycles. The minimum absolute atomic E-state index is 0. The van der Waals surface area contributed by atoms with Gasteiger partial charge in [-0.2, -0.15) is 12.9 Å². The quantitative estimate of drug-likeness (QED) is 0.0887. The van der Waals surface area contributed by atoms with Crippen LogP contribution < -0.4 is 18.9 Å². The maximum atomic E-state index is 9.63. The molecule has 0 bridgehead atoms. The van der Waals surface area contributed by atoms with Crippen LogP contribution in [-0.2, 0) is 109 Å². The van der Waals surface area contributed by atoms with E-state index >= 15 is 0 Å². The topological polar surface area (TPSA) is 373 Å². The summed E-state index contributed by atoms with van der Waals surface area (Å²) in [6.07, 6.45) is 0. The van der Waals surface area contributed by atoms with Gasteiger partial charge in [0, 0.05) is 68.3 Å². The molecule has 0 amide bonds. The summed E-state index contributed by atoms with van der Waals surface area (Å²) in [6, 6.07) is 0. The van der Waals surface area contributed by atoms with Crippen molar-refractivity contribution in [3.05, 3.63) is 0 Å². The first-order chi connectivity index (χ1) is 11.1. The van der Waals surface area contributed by atoms with E-state index in [0.717, 1.165) is 0 Å². The van der Waals surface area contributed by atoms with Gasteiger partial charge in [0.1, 0.15) is 0 Å². The molecule has 0 spiro atoms. The van der Waals surface area contributed by atoms with Gasteiger partial charge in [0.25, 0.3) is 0 Å². The second-order valence-corrected chi connectivity index (χ2v) is 11.0. The monoisotopic (exact) mass is 766 g/mol. The van der Waals surface area contributed by atoms with Crippen LogP contribution in [0.15, 0.2) is 0 Å². The van der Waals surface area contributed by atoms with E-state index in [0.29, 0.717) is 0 Å². The van der Waals surface area contributed by atoms with E-state index in [9.17, 15) is 27.4 Å². The molecule has 0 aromatic rings. The van der Waals surface area contributed by atoms with Crippen molar-refractivity contribution in [1.29, 1.82) is 0 Å². The van der Waals surface area contributed by atoms with Crippen LogP contribution in [0.2, 0.25) is 0 Å². The second-order valence-electron chi connectivity index (χ2n) is 3.19. The summed E-state index contributed by atoms with van der Waals surface area (Å²) < 4.78 is 66.6. The van der Waals surface area contributed by atoms with Crippen LogP contribution in [0, 0.1) is 0 Å². The normalized spacial score (nSPS) is 11.6. The van der Waals surface area contributed by atoms with Gasteiger partial charge in [-0.3, -0.25) is 0 Å². The van der Waals surface area contributed by atoms with Gasteiger partial charge in [0.15, 0.2) is 0 Å². The van der Waals surface area contributed by atoms with E-state index in [1.54, 1.807) is 0 Å². The number of rotatable bonds is 6. The van der Waals surface area contributed by atoms with Crippen LogP contribution in [0.5, 0.6) is 0 Å². The first-order valence-electron chi connectivity index (χ1n) is 4.59. The summed E-state index contributed by atoms with van der Waals surface area (Å²) in [4.78, 5) is 93.0. The standard InChI is InChI=1S/4Fe.Li.3H4O7P2.H/c;;;;;3*1-8(2,3)7-9(4,5)6;/h;;;;;3*(H2,1,2,3)(H2,4,5,6);/q;;;;+1;;;;-1. The predicted octanol–water partition coefficient (Wildman–Crippen LogP) is -5.33. The Morgan fingerprint density at radius 3 is 0.406 bits per heavy atom. The molecule has 0 atom stereocenters. The molecule has 0 rings (SSSR count). The maximum absolute atomic E-state index is 9.63. The Kier molecular flexibility index (Phi) is 37.3. The Hall–Kier alpha value is 3.46. The van der Waals surface area contributed by atoms with Crippen LogP contribution in [0.25, 0.3) is 0 Å². The van der Waals surface area contributed by atoms with Gasteiger partial charge in [-0.1, -0.05) is 0 Å². The van der Waals surface area contributed by atoms with E-state index in [1.165, 1.54) is 0 Å². The molecule has 0 unspecified atom stereocenters. The van der Waals surface area contributed by atoms with Gasteiger partial charge in [0.05, 0.1) is 0 Å². The fourth-order valence-electron chi connectivity index (χ4n) is 0.416. The molecule has 0 fully saturated rings. The van der Waals surface area contributed by atoms with Crippen molar-refractivity contribution < 1.29 is 188 Å². The molecular weight excluding hydrogens is 752 g/mol. The van der Waals surface area contributed by atoms with Gasteiger partial charge in [-0.15, -0.1) is 0 Å². The second kappa shape index (κ2) is 21.4. The zero-order valence-electron chi connectivity index (χ0n) is 15.1. The zero-order valence-corrected chi connectivity index (χ0v) is 23.9. The zero-order chi connectivity index (χ0) is 23.1. The first kappa shape index (κ1) is 55.8. The van der Waals surface area contributed by atoms with Crippen LogP contribution in [-0.4, -0.2) is 58.7 Å². The molecule has 32 heavy (non-hydrogen) atoms. The largest absolute Gasteiger partial charge is 1.00 e. The minimum atomic E-state index is -5.05. The van der Waals surface area contributed by atoms with Crippen LogP contribution in [0.4, 0.5) is 0 Å². The third kappa shape index (κ3) is 76.6. The molecule has 0 saturated carbocycles. The third-order valence-electron chi connectivity index (χ3n) is 0.638. The summed E-state index contributed by atoms with van der Waals surface area (Å²) in [7, 11) is -30.3. The average Bonchev–Trinajstić information content (AvgIpc) is 1.96. The van der Waals surface area contributed by atoms with Crippen molar-refractivity contribution >= 4 is 46.9 Å². The summed E-state index contributed by atoms with van der Waals surface area (Å²) in [5, 5.41) is 0. The number of hydrogen-bond acceptors (Lipinski definition) is 9. The Morgan fingerprint density at radius 1 is 0.344 bits per heavy atom. The first-order valence-corrected chi connectivity index (χ1v) is 13.8. The van der Waals surface area contributed by atoms with Gasteiger partial charge < -0.3 is 60.1 Å². The molecule has 202 valence electrons. The van der Waals surface area contributed by atoms with Crippen molar-refractivity contribution in [3.8, 4) is 0 Å². The van der Waals surface area contributed by atoms with E-state index < -0.39 is 46.9 Å². The van der Waals surface area contributed by atoms with Crippen molar-refractivity contribution in [1.82, 2.24) is 0 Å². The fourth-order valence-corrected chi connectivity index (χ4v) is 3.74. The smallest absolute Gasteiger partial charge is 1.00 e. The van der Waals surface area contributed by atoms with Gasteiger partial charge in [0.2, 0.25) is 0 Å². The Balaban J connectivity index is -0.0000000343. The summed E-state index contributed by atoms with van der Waals surface area (Å²) in [5.74, 6) is 0. The molecule has 0 aliphatic rings. The average molecular weight is 765 g/mol. The molecule has 12 N–H and O–H groups in total. The van der Waals surface area contributed by atoms with Crippen molar-refractivity contribution in [2.45, 2.75) is 0 Å². The predicted molar refractivity (Wildman–Crippen MR) is 76.6 cm³/mol. The Labute approximate surface area is 233 Å². The summed E-state index contributed by atoms with van der Waals surface area (Å²) in [6.45, 7) is 0. The van der Waals surface area contributed by atoms with E-state index in [2.05, 4.69) is 12.9 Å². The maximum Gasteiger partial charge on any atom is 1.00 e. The SMILES string of the molecule is O=P(O)(O)OP(=O)(O)O.O=P(O)(O)OP(=O)(O)O.O=P(O)(O)OP(=O)(O)O.[Fe].[Fe].[Fe].[Fe].[H-].[Li+]. The molecule has 0 aliphatic heterocycles. The molecule has 0 radical (unpaired) electrons. The molecule has 21 nitrogen and oxygen atoms in total. The van der Waals surface area contributed by atoms with Crippen molar-refractivity contribution in [2.75, 3.05) is 0 Å². The van der Waals surface area contributed by atoms with E-state index in [-0.39, 0.29) is 88.6 Å². The molecule has 0 aliphatic carbocycles. The van der Waals surface area contributed by atoms with Gasteiger partial charge in [-0.25, -0.2) is 27.4 Å². The Bertz CT molecular complexity index is 572. The molecule has 32 heteroatoms. The number of hydrogen-bond donors (Lipinski definition) is 12. The molecule has 0 heterocycles. The molecule has 0 aromatic heterocycles. The molecule has 0 saturated heterocycles. The van der Waals surface area contributed by atoms with Crippen molar-refractivity contribution in [2.24, 2.45) is 0 Å². The van der Waals surface area contributed by atoms with Gasteiger partial charge in [-0.05, 0) is 0 Å².